The molecule has 0 aliphatic carbocycles. The summed E-state index contributed by atoms with van der Waals surface area (Å²) in [6, 6.07) is 9.43. The van der Waals surface area contributed by atoms with Gasteiger partial charge in [0, 0.05) is 19.3 Å². The van der Waals surface area contributed by atoms with E-state index < -0.39 is 15.9 Å². The molecule has 0 aromatic carbocycles. The lowest BCUT2D eigenvalue weighted by Gasteiger charge is -2.27. The molecule has 37 heavy (non-hydrogen) atoms. The summed E-state index contributed by atoms with van der Waals surface area (Å²) < 4.78 is 29.5. The molecule has 0 saturated carbocycles. The zero-order chi connectivity index (χ0) is 27.2. The Hall–Kier alpha value is -3.47. The molecule has 0 saturated heterocycles. The first kappa shape index (κ1) is 28.1. The van der Waals surface area contributed by atoms with Gasteiger partial charge in [-0.2, -0.15) is 13.5 Å². The first-order valence-electron chi connectivity index (χ1n) is 12.6. The molecule has 3 aromatic rings. The molecule has 0 aliphatic heterocycles. The Morgan fingerprint density at radius 3 is 2.51 bits per heavy atom. The van der Waals surface area contributed by atoms with Gasteiger partial charge >= 0.3 is 0 Å². The van der Waals surface area contributed by atoms with Crippen LogP contribution in [0.15, 0.2) is 47.6 Å². The summed E-state index contributed by atoms with van der Waals surface area (Å²) in [5.41, 5.74) is 6.74. The monoisotopic (exact) mass is 527 g/mol. The van der Waals surface area contributed by atoms with Crippen LogP contribution >= 0.6 is 0 Å². The van der Waals surface area contributed by atoms with Crippen LogP contribution in [-0.4, -0.2) is 47.2 Å². The molecule has 0 radical (unpaired) electrons. The maximum Gasteiger partial charge on any atom is 0.281 e. The lowest BCUT2D eigenvalue weighted by atomic mass is 10.1. The molecule has 0 fully saturated rings. The molecule has 3 heterocycles. The highest BCUT2D eigenvalue weighted by Crippen LogP contribution is 2.23. The van der Waals surface area contributed by atoms with Gasteiger partial charge in [-0.3, -0.25) is 4.79 Å². The number of amides is 1. The minimum Gasteiger partial charge on any atom is -0.384 e. The van der Waals surface area contributed by atoms with E-state index >= 15 is 0 Å². The fourth-order valence-corrected chi connectivity index (χ4v) is 5.08. The number of anilines is 2. The zero-order valence-corrected chi connectivity index (χ0v) is 23.0. The molecule has 0 bridgehead atoms. The highest BCUT2D eigenvalue weighted by Gasteiger charge is 2.25. The van der Waals surface area contributed by atoms with Crippen LogP contribution in [0.5, 0.6) is 0 Å². The van der Waals surface area contributed by atoms with Gasteiger partial charge in [-0.1, -0.05) is 40.2 Å². The number of pyridine rings is 2. The Labute approximate surface area is 219 Å². The minimum atomic E-state index is -4.24. The molecule has 3 aromatic heterocycles. The average Bonchev–Trinajstić information content (AvgIpc) is 3.30. The SMILES string of the molecule is CCC[C@H](C)CN(CC)c1nc(-n2ccc(CC(C)C)n2)ccc1C(=O)NS(=O)(=O)c1cccc(N)n1. The second-order valence-corrected chi connectivity index (χ2v) is 11.3. The molecule has 0 aliphatic rings. The summed E-state index contributed by atoms with van der Waals surface area (Å²) in [4.78, 5) is 23.9. The van der Waals surface area contributed by atoms with Crippen molar-refractivity contribution in [2.75, 3.05) is 23.7 Å². The highest BCUT2D eigenvalue weighted by atomic mass is 32.2. The Bertz CT molecular complexity index is 1320. The smallest absolute Gasteiger partial charge is 0.281 e. The van der Waals surface area contributed by atoms with Crippen LogP contribution in [0.4, 0.5) is 11.6 Å². The molecule has 11 heteroatoms. The molecule has 3 rings (SSSR count). The number of nitrogen functional groups attached to an aromatic ring is 1. The molecular formula is C26H37N7O3S. The second-order valence-electron chi connectivity index (χ2n) is 9.66. The second kappa shape index (κ2) is 12.2. The van der Waals surface area contributed by atoms with Gasteiger partial charge in [0.05, 0.1) is 11.3 Å². The lowest BCUT2D eigenvalue weighted by molar-refractivity contribution is 0.0981. The van der Waals surface area contributed by atoms with Crippen molar-refractivity contribution in [2.24, 2.45) is 11.8 Å². The number of nitrogens with zero attached hydrogens (tertiary/aromatic N) is 5. The first-order valence-corrected chi connectivity index (χ1v) is 14.1. The van der Waals surface area contributed by atoms with E-state index in [1.165, 1.54) is 18.2 Å². The Morgan fingerprint density at radius 1 is 1.11 bits per heavy atom. The van der Waals surface area contributed by atoms with Gasteiger partial charge in [-0.15, -0.1) is 0 Å². The fourth-order valence-electron chi connectivity index (χ4n) is 4.14. The molecular weight excluding hydrogens is 490 g/mol. The molecule has 0 unspecified atom stereocenters. The summed E-state index contributed by atoms with van der Waals surface area (Å²) in [5.74, 6) is 1.01. The predicted molar refractivity (Wildman–Crippen MR) is 145 cm³/mol. The number of rotatable bonds is 12. The number of nitrogens with one attached hydrogen (secondary N) is 1. The van der Waals surface area contributed by atoms with Crippen molar-refractivity contribution in [3.8, 4) is 5.82 Å². The van der Waals surface area contributed by atoms with Crippen molar-refractivity contribution in [2.45, 2.75) is 58.9 Å². The van der Waals surface area contributed by atoms with Crippen molar-refractivity contribution in [1.29, 1.82) is 0 Å². The fraction of sp³-hybridized carbons (Fsp3) is 0.462. The third-order valence-corrected chi connectivity index (χ3v) is 7.08. The van der Waals surface area contributed by atoms with Gasteiger partial charge in [0.1, 0.15) is 11.6 Å². The normalized spacial score (nSPS) is 12.5. The van der Waals surface area contributed by atoms with Crippen molar-refractivity contribution >= 4 is 27.6 Å². The van der Waals surface area contributed by atoms with E-state index in [4.69, 9.17) is 10.7 Å². The third kappa shape index (κ3) is 7.28. The van der Waals surface area contributed by atoms with E-state index in [1.54, 1.807) is 16.8 Å². The van der Waals surface area contributed by atoms with Gasteiger partial charge < -0.3 is 10.6 Å². The van der Waals surface area contributed by atoms with E-state index in [0.717, 1.165) is 25.0 Å². The van der Waals surface area contributed by atoms with E-state index in [9.17, 15) is 13.2 Å². The van der Waals surface area contributed by atoms with Crippen LogP contribution in [0.25, 0.3) is 5.82 Å². The quantitative estimate of drug-likeness (QED) is 0.363. The van der Waals surface area contributed by atoms with Gasteiger partial charge in [-0.05, 0) is 61.9 Å². The summed E-state index contributed by atoms with van der Waals surface area (Å²) in [5, 5.41) is 4.31. The maximum absolute atomic E-state index is 13.3. The van der Waals surface area contributed by atoms with E-state index in [0.29, 0.717) is 36.6 Å². The average molecular weight is 528 g/mol. The number of carbonyl (C=O) groups is 1. The van der Waals surface area contributed by atoms with E-state index in [-0.39, 0.29) is 16.4 Å². The summed E-state index contributed by atoms with van der Waals surface area (Å²) >= 11 is 0. The largest absolute Gasteiger partial charge is 0.384 e. The van der Waals surface area contributed by atoms with Crippen LogP contribution < -0.4 is 15.4 Å². The Kier molecular flexibility index (Phi) is 9.25. The minimum absolute atomic E-state index is 0.0418. The van der Waals surface area contributed by atoms with Crippen molar-refractivity contribution in [1.82, 2.24) is 24.5 Å². The summed E-state index contributed by atoms with van der Waals surface area (Å²) in [7, 11) is -4.24. The van der Waals surface area contributed by atoms with Crippen LogP contribution in [0.3, 0.4) is 0 Å². The van der Waals surface area contributed by atoms with Gasteiger partial charge in [0.15, 0.2) is 10.8 Å². The van der Waals surface area contributed by atoms with Crippen LogP contribution in [0, 0.1) is 11.8 Å². The van der Waals surface area contributed by atoms with Crippen molar-refractivity contribution in [3.63, 3.8) is 0 Å². The molecule has 1 amide bonds. The molecule has 200 valence electrons. The summed E-state index contributed by atoms with van der Waals surface area (Å²) in [6.45, 7) is 11.8. The van der Waals surface area contributed by atoms with Gasteiger partial charge in [0.25, 0.3) is 15.9 Å². The zero-order valence-electron chi connectivity index (χ0n) is 22.2. The van der Waals surface area contributed by atoms with Crippen LogP contribution in [0.1, 0.15) is 63.5 Å². The maximum atomic E-state index is 13.3. The third-order valence-electron chi connectivity index (χ3n) is 5.84. The lowest BCUT2D eigenvalue weighted by Crippen LogP contribution is -2.35. The summed E-state index contributed by atoms with van der Waals surface area (Å²) in [6.07, 6.45) is 4.74. The molecule has 10 nitrogen and oxygen atoms in total. The van der Waals surface area contributed by atoms with Crippen molar-refractivity contribution in [3.05, 3.63) is 53.9 Å². The Morgan fingerprint density at radius 2 is 1.86 bits per heavy atom. The number of carbonyl (C=O) groups excluding carboxylic acids is 1. The highest BCUT2D eigenvalue weighted by molar-refractivity contribution is 7.90. The standard InChI is InChI=1S/C26H37N7O3S/c1-6-9-19(5)17-32(7-2)25-21(26(34)31-37(35,36)24-11-8-10-22(27)28-24)12-13-23(29-25)33-15-14-20(30-33)16-18(3)4/h8,10-15,18-19H,6-7,9,16-17H2,1-5H3,(H2,27,28)(H,31,34)/t19-/m0/s1. The number of aromatic nitrogens is 4. The van der Waals surface area contributed by atoms with Crippen LogP contribution in [-0.2, 0) is 16.4 Å². The molecule has 3 N–H and O–H groups in total. The predicted octanol–water partition coefficient (Wildman–Crippen LogP) is 3.82. The van der Waals surface area contributed by atoms with Crippen molar-refractivity contribution < 1.29 is 13.2 Å². The van der Waals surface area contributed by atoms with E-state index in [1.807, 2.05) is 24.1 Å². The molecule has 1 atom stereocenters. The molecule has 0 spiro atoms. The Balaban J connectivity index is 2.01. The topological polar surface area (TPSA) is 136 Å². The number of hydrogen-bond donors (Lipinski definition) is 2. The van der Waals surface area contributed by atoms with Gasteiger partial charge in [-0.25, -0.2) is 19.4 Å². The van der Waals surface area contributed by atoms with E-state index in [2.05, 4.69) is 42.5 Å². The van der Waals surface area contributed by atoms with Crippen LogP contribution in [0.2, 0.25) is 0 Å². The number of nitrogens with two attached hydrogens (primary N) is 1. The number of sulfonamides is 1. The van der Waals surface area contributed by atoms with Gasteiger partial charge in [0.2, 0.25) is 0 Å². The number of hydrogen-bond acceptors (Lipinski definition) is 8. The first-order chi connectivity index (χ1) is 17.5.